The van der Waals surface area contributed by atoms with Crippen LogP contribution >= 0.6 is 0 Å². The summed E-state index contributed by atoms with van der Waals surface area (Å²) in [7, 11) is -2.21. The van der Waals surface area contributed by atoms with Crippen molar-refractivity contribution >= 4 is 21.6 Å². The average Bonchev–Trinajstić information content (AvgIpc) is 2.58. The largest absolute Gasteiger partial charge is 0.497 e. The Bertz CT molecular complexity index is 887. The molecule has 0 heterocycles. The minimum Gasteiger partial charge on any atom is -0.497 e. The minimum absolute atomic E-state index is 0.0380. The van der Waals surface area contributed by atoms with Gasteiger partial charge >= 0.3 is 0 Å². The molecule has 0 atom stereocenters. The van der Waals surface area contributed by atoms with E-state index in [0.717, 1.165) is 16.6 Å². The zero-order valence-corrected chi connectivity index (χ0v) is 14.5. The van der Waals surface area contributed by atoms with E-state index in [0.29, 0.717) is 11.4 Å². The lowest BCUT2D eigenvalue weighted by molar-refractivity contribution is 0.0953. The molecular formula is C16H18FN3O4S. The average molecular weight is 367 g/mol. The maximum absolute atomic E-state index is 14.3. The summed E-state index contributed by atoms with van der Waals surface area (Å²) in [5.74, 6) is 4.13. The number of nitrogens with one attached hydrogen (secondary N) is 1. The Hall–Kier alpha value is -2.65. The number of amides is 1. The summed E-state index contributed by atoms with van der Waals surface area (Å²) in [6.07, 6.45) is 1.03. The molecule has 2 rings (SSSR count). The van der Waals surface area contributed by atoms with Crippen molar-refractivity contribution in [3.05, 3.63) is 59.4 Å². The molecule has 0 saturated carbocycles. The summed E-state index contributed by atoms with van der Waals surface area (Å²) >= 11 is 0. The Morgan fingerprint density at radius 1 is 1.28 bits per heavy atom. The number of halogens is 1. The number of carbonyl (C=O) groups is 1. The van der Waals surface area contributed by atoms with Gasteiger partial charge in [0, 0.05) is 17.2 Å². The van der Waals surface area contributed by atoms with Crippen LogP contribution in [0.3, 0.4) is 0 Å². The van der Waals surface area contributed by atoms with Crippen LogP contribution in [0.4, 0.5) is 10.1 Å². The van der Waals surface area contributed by atoms with Gasteiger partial charge in [-0.2, -0.15) is 0 Å². The Balaban J connectivity index is 2.40. The van der Waals surface area contributed by atoms with Gasteiger partial charge < -0.3 is 4.74 Å². The van der Waals surface area contributed by atoms with Gasteiger partial charge in [-0.15, -0.1) is 0 Å². The molecule has 0 fully saturated rings. The van der Waals surface area contributed by atoms with E-state index in [1.54, 1.807) is 18.2 Å². The van der Waals surface area contributed by atoms with Crippen LogP contribution in [0.25, 0.3) is 0 Å². The fraction of sp³-hybridized carbons (Fsp3) is 0.188. The number of hydrazine groups is 1. The number of carbonyl (C=O) groups excluding carboxylic acids is 1. The van der Waals surface area contributed by atoms with Crippen LogP contribution in [0.15, 0.2) is 42.5 Å². The summed E-state index contributed by atoms with van der Waals surface area (Å²) in [4.78, 5) is 11.4. The lowest BCUT2D eigenvalue weighted by Crippen LogP contribution is -2.31. The number of rotatable bonds is 6. The van der Waals surface area contributed by atoms with Crippen LogP contribution in [-0.2, 0) is 16.6 Å². The smallest absolute Gasteiger partial charge is 0.265 e. The molecule has 0 aliphatic heterocycles. The predicted molar refractivity (Wildman–Crippen MR) is 92.1 cm³/mol. The van der Waals surface area contributed by atoms with Crippen LogP contribution < -0.4 is 20.3 Å². The second-order valence-corrected chi connectivity index (χ2v) is 7.16. The molecule has 0 aliphatic rings. The summed E-state index contributed by atoms with van der Waals surface area (Å²) in [5.41, 5.74) is 2.39. The summed E-state index contributed by atoms with van der Waals surface area (Å²) in [6, 6.07) is 10.1. The molecule has 25 heavy (non-hydrogen) atoms. The third-order valence-corrected chi connectivity index (χ3v) is 4.64. The van der Waals surface area contributed by atoms with Crippen molar-refractivity contribution in [2.75, 3.05) is 17.7 Å². The van der Waals surface area contributed by atoms with Crippen molar-refractivity contribution in [2.24, 2.45) is 5.84 Å². The maximum Gasteiger partial charge on any atom is 0.265 e. The third kappa shape index (κ3) is 4.46. The van der Waals surface area contributed by atoms with Gasteiger partial charge in [-0.25, -0.2) is 18.7 Å². The number of sulfonamides is 1. The SMILES string of the molecule is COc1cccc(N(Cc2ccc(C(=O)NN)cc2F)S(C)(=O)=O)c1. The number of nitrogens with two attached hydrogens (primary N) is 1. The summed E-state index contributed by atoms with van der Waals surface area (Å²) in [6.45, 7) is -0.234. The summed E-state index contributed by atoms with van der Waals surface area (Å²) in [5, 5.41) is 0. The molecule has 7 nitrogen and oxygen atoms in total. The number of hydrogen-bond acceptors (Lipinski definition) is 5. The van der Waals surface area contributed by atoms with Gasteiger partial charge in [0.2, 0.25) is 10.0 Å². The van der Waals surface area contributed by atoms with Crippen molar-refractivity contribution in [1.29, 1.82) is 0 Å². The molecule has 0 unspecified atom stereocenters. The van der Waals surface area contributed by atoms with Crippen molar-refractivity contribution in [2.45, 2.75) is 6.54 Å². The van der Waals surface area contributed by atoms with Gasteiger partial charge in [0.1, 0.15) is 11.6 Å². The first-order valence-electron chi connectivity index (χ1n) is 7.17. The quantitative estimate of drug-likeness (QED) is 0.457. The van der Waals surface area contributed by atoms with Crippen molar-refractivity contribution < 1.29 is 22.3 Å². The fourth-order valence-electron chi connectivity index (χ4n) is 2.22. The highest BCUT2D eigenvalue weighted by Crippen LogP contribution is 2.25. The molecule has 1 amide bonds. The number of methoxy groups -OCH3 is 1. The molecule has 2 aromatic carbocycles. The fourth-order valence-corrected chi connectivity index (χ4v) is 3.09. The Morgan fingerprint density at radius 2 is 2.00 bits per heavy atom. The molecule has 0 radical (unpaired) electrons. The van der Waals surface area contributed by atoms with Gasteiger partial charge in [0.15, 0.2) is 0 Å². The highest BCUT2D eigenvalue weighted by molar-refractivity contribution is 7.92. The molecule has 0 aliphatic carbocycles. The van der Waals surface area contributed by atoms with Gasteiger partial charge in [0.25, 0.3) is 5.91 Å². The summed E-state index contributed by atoms with van der Waals surface area (Å²) < 4.78 is 44.7. The Kier molecular flexibility index (Phi) is 5.60. The van der Waals surface area contributed by atoms with E-state index in [9.17, 15) is 17.6 Å². The van der Waals surface area contributed by atoms with E-state index >= 15 is 0 Å². The zero-order chi connectivity index (χ0) is 18.6. The van der Waals surface area contributed by atoms with E-state index in [4.69, 9.17) is 10.6 Å². The maximum atomic E-state index is 14.3. The first-order valence-corrected chi connectivity index (χ1v) is 9.02. The molecule has 2 aromatic rings. The van der Waals surface area contributed by atoms with Crippen LogP contribution in [0.2, 0.25) is 0 Å². The predicted octanol–water partition coefficient (Wildman–Crippen LogP) is 1.40. The first kappa shape index (κ1) is 18.7. The molecule has 3 N–H and O–H groups in total. The zero-order valence-electron chi connectivity index (χ0n) is 13.7. The van der Waals surface area contributed by atoms with Crippen LogP contribution in [0.1, 0.15) is 15.9 Å². The number of anilines is 1. The van der Waals surface area contributed by atoms with Crippen LogP contribution in [0, 0.1) is 5.82 Å². The number of nitrogens with zero attached hydrogens (tertiary/aromatic N) is 1. The minimum atomic E-state index is -3.68. The molecule has 9 heteroatoms. The Labute approximate surface area is 145 Å². The molecule has 0 aromatic heterocycles. The highest BCUT2D eigenvalue weighted by Gasteiger charge is 2.20. The van der Waals surface area contributed by atoms with E-state index in [1.165, 1.54) is 25.3 Å². The molecule has 134 valence electrons. The Morgan fingerprint density at radius 3 is 2.56 bits per heavy atom. The van der Waals surface area contributed by atoms with E-state index in [2.05, 4.69) is 0 Å². The molecular weight excluding hydrogens is 349 g/mol. The van der Waals surface area contributed by atoms with Crippen molar-refractivity contribution in [1.82, 2.24) is 5.43 Å². The second kappa shape index (κ2) is 7.49. The van der Waals surface area contributed by atoms with Crippen molar-refractivity contribution in [3.63, 3.8) is 0 Å². The van der Waals surface area contributed by atoms with Crippen LogP contribution in [0.5, 0.6) is 5.75 Å². The number of ether oxygens (including phenoxy) is 1. The van der Waals surface area contributed by atoms with E-state index in [1.807, 2.05) is 5.43 Å². The third-order valence-electron chi connectivity index (χ3n) is 3.50. The van der Waals surface area contributed by atoms with Gasteiger partial charge in [-0.1, -0.05) is 12.1 Å². The number of hydrogen-bond donors (Lipinski definition) is 2. The van der Waals surface area contributed by atoms with Crippen molar-refractivity contribution in [3.8, 4) is 5.75 Å². The first-order chi connectivity index (χ1) is 11.8. The van der Waals surface area contributed by atoms with E-state index < -0.39 is 21.7 Å². The molecule has 0 saturated heterocycles. The molecule has 0 spiro atoms. The monoisotopic (exact) mass is 367 g/mol. The lowest BCUT2D eigenvalue weighted by Gasteiger charge is -2.23. The number of nitrogen functional groups attached to an aromatic ring is 1. The lowest BCUT2D eigenvalue weighted by atomic mass is 10.1. The second-order valence-electron chi connectivity index (χ2n) is 5.25. The van der Waals surface area contributed by atoms with E-state index in [-0.39, 0.29) is 17.7 Å². The normalized spacial score (nSPS) is 11.0. The van der Waals surface area contributed by atoms with Gasteiger partial charge in [-0.3, -0.25) is 14.5 Å². The van der Waals surface area contributed by atoms with Crippen LogP contribution in [-0.4, -0.2) is 27.7 Å². The van der Waals surface area contributed by atoms with Gasteiger partial charge in [-0.05, 0) is 24.3 Å². The highest BCUT2D eigenvalue weighted by atomic mass is 32.2. The number of benzene rings is 2. The topological polar surface area (TPSA) is 102 Å². The molecule has 0 bridgehead atoms. The van der Waals surface area contributed by atoms with Gasteiger partial charge in [0.05, 0.1) is 25.6 Å². The standard InChI is InChI=1S/C16H18FN3O4S/c1-24-14-5-3-4-13(9-14)20(25(2,22)23)10-12-7-6-11(8-15(12)17)16(21)19-18/h3-9H,10,18H2,1-2H3,(H,19,21).